The maximum atomic E-state index is 12.3. The van der Waals surface area contributed by atoms with Crippen molar-refractivity contribution in [2.24, 2.45) is 5.73 Å². The third kappa shape index (κ3) is 4.35. The number of nitrogens with two attached hydrogens (primary N) is 1. The molecule has 142 valence electrons. The maximum Gasteiger partial charge on any atom is 0.267 e. The molecule has 8 nitrogen and oxygen atoms in total. The molecule has 3 rings (SSSR count). The monoisotopic (exact) mass is 377 g/mol. The van der Waals surface area contributed by atoms with Gasteiger partial charge in [0.05, 0.1) is 11.7 Å². The summed E-state index contributed by atoms with van der Waals surface area (Å²) in [4.78, 5) is 23.9. The molecule has 28 heavy (non-hydrogen) atoms. The third-order valence-corrected chi connectivity index (χ3v) is 4.14. The number of nitrogens with one attached hydrogen (secondary N) is 3. The molecule has 0 bridgehead atoms. The van der Waals surface area contributed by atoms with Gasteiger partial charge in [0.15, 0.2) is 0 Å². The Labute approximate surface area is 161 Å². The van der Waals surface area contributed by atoms with E-state index >= 15 is 0 Å². The lowest BCUT2D eigenvalue weighted by Crippen LogP contribution is -2.54. The lowest BCUT2D eigenvalue weighted by Gasteiger charge is -2.20. The molecule has 2 unspecified atom stereocenters. The molecule has 8 heteroatoms. The number of fused-ring (bicyclic) bond motifs is 1. The highest BCUT2D eigenvalue weighted by Gasteiger charge is 2.24. The highest BCUT2D eigenvalue weighted by atomic mass is 16.5. The first kappa shape index (κ1) is 19.1. The number of H-pyrrole nitrogens is 1. The van der Waals surface area contributed by atoms with Crippen LogP contribution in [0.1, 0.15) is 28.4 Å². The van der Waals surface area contributed by atoms with Gasteiger partial charge in [0.25, 0.3) is 11.8 Å². The largest absolute Gasteiger partial charge is 0.339 e. The number of hydroxylamine groups is 1. The minimum atomic E-state index is -1.05. The lowest BCUT2D eigenvalue weighted by atomic mass is 10.1. The minimum absolute atomic E-state index is 0.349. The molecular formula is C20H19N5O3. The van der Waals surface area contributed by atoms with Crippen molar-refractivity contribution in [1.82, 2.24) is 21.0 Å². The van der Waals surface area contributed by atoms with Gasteiger partial charge in [-0.3, -0.25) is 19.9 Å². The van der Waals surface area contributed by atoms with Gasteiger partial charge in [0.2, 0.25) is 0 Å². The van der Waals surface area contributed by atoms with Crippen LogP contribution < -0.4 is 16.5 Å². The first-order valence-corrected chi connectivity index (χ1v) is 8.53. The zero-order valence-electron chi connectivity index (χ0n) is 15.1. The predicted octanol–water partition coefficient (Wildman–Crippen LogP) is 0.914. The van der Waals surface area contributed by atoms with Crippen molar-refractivity contribution < 1.29 is 14.8 Å². The number of aromatic nitrogens is 2. The second kappa shape index (κ2) is 8.35. The van der Waals surface area contributed by atoms with E-state index in [1.54, 1.807) is 37.4 Å². The zero-order valence-corrected chi connectivity index (χ0v) is 15.1. The van der Waals surface area contributed by atoms with E-state index in [2.05, 4.69) is 27.4 Å². The molecule has 3 aromatic rings. The Hall–Kier alpha value is -3.67. The number of carbonyl (C=O) groups is 2. The molecule has 0 fully saturated rings. The number of nitrogens with zero attached hydrogens (tertiary/aromatic N) is 1. The fourth-order valence-electron chi connectivity index (χ4n) is 2.60. The predicted molar refractivity (Wildman–Crippen MR) is 103 cm³/mol. The van der Waals surface area contributed by atoms with E-state index in [9.17, 15) is 9.59 Å². The SMILES string of the molecule is CC(N)C(NC(=O)c1ccc(C#Cc2ccc3[nH]ncc3c2)cc1)C(=O)NO. The van der Waals surface area contributed by atoms with Gasteiger partial charge in [-0.1, -0.05) is 11.8 Å². The molecule has 1 heterocycles. The van der Waals surface area contributed by atoms with Gasteiger partial charge in [0, 0.05) is 28.1 Å². The van der Waals surface area contributed by atoms with Crippen LogP contribution in [0.25, 0.3) is 10.9 Å². The fourth-order valence-corrected chi connectivity index (χ4v) is 2.60. The van der Waals surface area contributed by atoms with Crippen molar-refractivity contribution in [3.8, 4) is 11.8 Å². The quantitative estimate of drug-likeness (QED) is 0.262. The van der Waals surface area contributed by atoms with Crippen LogP contribution in [0.15, 0.2) is 48.7 Å². The molecule has 0 spiro atoms. The molecule has 0 aliphatic rings. The molecule has 0 saturated heterocycles. The Morgan fingerprint density at radius 3 is 2.50 bits per heavy atom. The van der Waals surface area contributed by atoms with Crippen LogP contribution in [0.5, 0.6) is 0 Å². The number of benzene rings is 2. The summed E-state index contributed by atoms with van der Waals surface area (Å²) in [6.07, 6.45) is 1.74. The van der Waals surface area contributed by atoms with Gasteiger partial charge in [-0.2, -0.15) is 5.10 Å². The average molecular weight is 377 g/mol. The van der Waals surface area contributed by atoms with Gasteiger partial charge < -0.3 is 11.1 Å². The highest BCUT2D eigenvalue weighted by Crippen LogP contribution is 2.12. The van der Waals surface area contributed by atoms with Crippen molar-refractivity contribution in [3.05, 3.63) is 65.4 Å². The summed E-state index contributed by atoms with van der Waals surface area (Å²) in [5.41, 5.74) is 10.1. The van der Waals surface area contributed by atoms with E-state index in [0.717, 1.165) is 22.0 Å². The molecule has 1 aromatic heterocycles. The Morgan fingerprint density at radius 2 is 1.82 bits per heavy atom. The van der Waals surface area contributed by atoms with Crippen molar-refractivity contribution >= 4 is 22.7 Å². The van der Waals surface area contributed by atoms with Crippen LogP contribution in [0.3, 0.4) is 0 Å². The van der Waals surface area contributed by atoms with Crippen LogP contribution in [-0.4, -0.2) is 39.3 Å². The smallest absolute Gasteiger partial charge is 0.267 e. The van der Waals surface area contributed by atoms with Crippen LogP contribution in [0.2, 0.25) is 0 Å². The van der Waals surface area contributed by atoms with Gasteiger partial charge in [-0.05, 0) is 49.4 Å². The topological polar surface area (TPSA) is 133 Å². The minimum Gasteiger partial charge on any atom is -0.339 e. The van der Waals surface area contributed by atoms with Crippen molar-refractivity contribution in [2.75, 3.05) is 0 Å². The van der Waals surface area contributed by atoms with E-state index in [-0.39, 0.29) is 0 Å². The molecule has 0 aliphatic heterocycles. The van der Waals surface area contributed by atoms with Crippen LogP contribution in [0.4, 0.5) is 0 Å². The summed E-state index contributed by atoms with van der Waals surface area (Å²) in [6, 6.07) is 10.7. The molecule has 0 saturated carbocycles. The Balaban J connectivity index is 1.71. The Morgan fingerprint density at radius 1 is 1.14 bits per heavy atom. The normalized spacial score (nSPS) is 12.5. The summed E-state index contributed by atoms with van der Waals surface area (Å²) in [6.45, 7) is 1.56. The molecule has 0 radical (unpaired) electrons. The fraction of sp³-hybridized carbons (Fsp3) is 0.150. The molecule has 6 N–H and O–H groups in total. The molecule has 2 atom stereocenters. The van der Waals surface area contributed by atoms with Crippen LogP contribution in [0, 0.1) is 11.8 Å². The number of aromatic amines is 1. The number of amides is 2. The van der Waals surface area contributed by atoms with Crippen LogP contribution >= 0.6 is 0 Å². The molecule has 2 aromatic carbocycles. The molecule has 2 amide bonds. The Kier molecular flexibility index (Phi) is 5.69. The third-order valence-electron chi connectivity index (χ3n) is 4.14. The van der Waals surface area contributed by atoms with E-state index in [1.807, 2.05) is 18.2 Å². The number of hydrogen-bond donors (Lipinski definition) is 5. The summed E-state index contributed by atoms with van der Waals surface area (Å²) >= 11 is 0. The van der Waals surface area contributed by atoms with E-state index in [0.29, 0.717) is 5.56 Å². The standard InChI is InChI=1S/C20H19N5O3/c1-12(21)18(20(27)25-28)23-19(26)15-7-4-13(5-8-15)2-3-14-6-9-17-16(10-14)11-22-24-17/h4-12,18,28H,21H2,1H3,(H,22,24)(H,23,26)(H,25,27). The maximum absolute atomic E-state index is 12.3. The van der Waals surface area contributed by atoms with E-state index < -0.39 is 23.9 Å². The van der Waals surface area contributed by atoms with Gasteiger partial charge in [0.1, 0.15) is 6.04 Å². The van der Waals surface area contributed by atoms with Gasteiger partial charge in [-0.15, -0.1) is 0 Å². The van der Waals surface area contributed by atoms with Gasteiger partial charge >= 0.3 is 0 Å². The average Bonchev–Trinajstić information content (AvgIpc) is 3.17. The Bertz CT molecular complexity index is 1060. The van der Waals surface area contributed by atoms with Gasteiger partial charge in [-0.25, -0.2) is 5.48 Å². The first-order chi connectivity index (χ1) is 13.5. The lowest BCUT2D eigenvalue weighted by molar-refractivity contribution is -0.131. The van der Waals surface area contributed by atoms with E-state index in [4.69, 9.17) is 10.9 Å². The van der Waals surface area contributed by atoms with Crippen LogP contribution in [-0.2, 0) is 4.79 Å². The van der Waals surface area contributed by atoms with Crippen molar-refractivity contribution in [2.45, 2.75) is 19.0 Å². The molecule has 0 aliphatic carbocycles. The summed E-state index contributed by atoms with van der Waals surface area (Å²) in [5, 5.41) is 19.1. The first-order valence-electron chi connectivity index (χ1n) is 8.53. The summed E-state index contributed by atoms with van der Waals surface area (Å²) < 4.78 is 0. The second-order valence-corrected chi connectivity index (χ2v) is 6.29. The molecular weight excluding hydrogens is 358 g/mol. The second-order valence-electron chi connectivity index (χ2n) is 6.29. The highest BCUT2D eigenvalue weighted by molar-refractivity contribution is 5.97. The summed E-state index contributed by atoms with van der Waals surface area (Å²) in [7, 11) is 0. The number of hydrogen-bond acceptors (Lipinski definition) is 5. The summed E-state index contributed by atoms with van der Waals surface area (Å²) in [5.74, 6) is 4.86. The zero-order chi connectivity index (χ0) is 20.1. The van der Waals surface area contributed by atoms with E-state index in [1.165, 1.54) is 5.48 Å². The number of carbonyl (C=O) groups excluding carboxylic acids is 2. The van der Waals surface area contributed by atoms with Crippen molar-refractivity contribution in [3.63, 3.8) is 0 Å². The van der Waals surface area contributed by atoms with Crippen molar-refractivity contribution in [1.29, 1.82) is 0 Å². The number of rotatable bonds is 4.